The SMILES string of the molecule is CCC(C)c1ccc(C(=O)CSc2nnc(-c3sc(C)nc3C)o2)cc1. The van der Waals surface area contributed by atoms with E-state index in [1.54, 1.807) is 0 Å². The summed E-state index contributed by atoms with van der Waals surface area (Å²) in [6, 6.07) is 7.86. The summed E-state index contributed by atoms with van der Waals surface area (Å²) in [5.74, 6) is 1.28. The van der Waals surface area contributed by atoms with Gasteiger partial charge in [0.2, 0.25) is 0 Å². The molecule has 26 heavy (non-hydrogen) atoms. The van der Waals surface area contributed by atoms with Crippen LogP contribution in [0.4, 0.5) is 0 Å². The molecule has 3 rings (SSSR count). The first-order chi connectivity index (χ1) is 12.5. The highest BCUT2D eigenvalue weighted by molar-refractivity contribution is 7.99. The Balaban J connectivity index is 1.62. The first-order valence-electron chi connectivity index (χ1n) is 8.51. The number of hydrogen-bond acceptors (Lipinski definition) is 7. The van der Waals surface area contributed by atoms with Gasteiger partial charge in [-0.2, -0.15) is 0 Å². The van der Waals surface area contributed by atoms with Crippen LogP contribution in [-0.4, -0.2) is 26.7 Å². The molecule has 0 N–H and O–H groups in total. The van der Waals surface area contributed by atoms with Crippen LogP contribution in [0.25, 0.3) is 10.8 Å². The average Bonchev–Trinajstić information content (AvgIpc) is 3.24. The normalized spacial score (nSPS) is 12.3. The maximum atomic E-state index is 12.4. The van der Waals surface area contributed by atoms with Crippen LogP contribution in [0.5, 0.6) is 0 Å². The van der Waals surface area contributed by atoms with Crippen molar-refractivity contribution >= 4 is 28.9 Å². The van der Waals surface area contributed by atoms with Crippen LogP contribution in [-0.2, 0) is 0 Å². The van der Waals surface area contributed by atoms with Gasteiger partial charge in [0.05, 0.1) is 16.5 Å². The highest BCUT2D eigenvalue weighted by Crippen LogP contribution is 2.30. The Hall–Kier alpha value is -1.99. The van der Waals surface area contributed by atoms with E-state index < -0.39 is 0 Å². The number of benzene rings is 1. The Morgan fingerprint density at radius 1 is 1.23 bits per heavy atom. The Labute approximate surface area is 161 Å². The first-order valence-corrected chi connectivity index (χ1v) is 10.3. The van der Waals surface area contributed by atoms with Crippen molar-refractivity contribution in [3.63, 3.8) is 0 Å². The molecule has 3 aromatic rings. The molecule has 1 atom stereocenters. The summed E-state index contributed by atoms with van der Waals surface area (Å²) in [5.41, 5.74) is 2.84. The number of nitrogens with zero attached hydrogens (tertiary/aromatic N) is 3. The van der Waals surface area contributed by atoms with Crippen molar-refractivity contribution in [2.24, 2.45) is 0 Å². The summed E-state index contributed by atoms with van der Waals surface area (Å²) in [5, 5.41) is 9.46. The minimum Gasteiger partial charge on any atom is -0.410 e. The summed E-state index contributed by atoms with van der Waals surface area (Å²) in [7, 11) is 0. The third-order valence-electron chi connectivity index (χ3n) is 4.25. The molecule has 0 aliphatic rings. The van der Waals surface area contributed by atoms with Crippen molar-refractivity contribution in [2.75, 3.05) is 5.75 Å². The molecule has 0 saturated carbocycles. The van der Waals surface area contributed by atoms with E-state index in [0.29, 0.717) is 22.6 Å². The highest BCUT2D eigenvalue weighted by Gasteiger charge is 2.16. The van der Waals surface area contributed by atoms with Crippen molar-refractivity contribution in [2.45, 2.75) is 45.3 Å². The van der Waals surface area contributed by atoms with Crippen LogP contribution in [0, 0.1) is 13.8 Å². The summed E-state index contributed by atoms with van der Waals surface area (Å²) in [4.78, 5) is 17.6. The molecule has 136 valence electrons. The number of aryl methyl sites for hydroxylation is 2. The zero-order valence-electron chi connectivity index (χ0n) is 15.3. The quantitative estimate of drug-likeness (QED) is 0.405. The predicted molar refractivity (Wildman–Crippen MR) is 105 cm³/mol. The lowest BCUT2D eigenvalue weighted by Gasteiger charge is -2.09. The second kappa shape index (κ2) is 8.14. The van der Waals surface area contributed by atoms with E-state index in [9.17, 15) is 4.79 Å². The maximum absolute atomic E-state index is 12.4. The van der Waals surface area contributed by atoms with E-state index in [4.69, 9.17) is 4.42 Å². The fourth-order valence-corrected chi connectivity index (χ4v) is 4.03. The standard InChI is InChI=1S/C19H21N3O2S2/c1-5-11(2)14-6-8-15(9-7-14)16(23)10-25-19-22-21-18(24-19)17-12(3)20-13(4)26-17/h6-9,11H,5,10H2,1-4H3. The zero-order valence-corrected chi connectivity index (χ0v) is 16.9. The summed E-state index contributed by atoms with van der Waals surface area (Å²) in [6.45, 7) is 8.21. The molecule has 0 bridgehead atoms. The second-order valence-electron chi connectivity index (χ2n) is 6.16. The van der Waals surface area contributed by atoms with Crippen LogP contribution in [0.3, 0.4) is 0 Å². The summed E-state index contributed by atoms with van der Waals surface area (Å²) in [6.07, 6.45) is 1.08. The van der Waals surface area contributed by atoms with Gasteiger partial charge in [-0.1, -0.05) is 49.9 Å². The first kappa shape index (κ1) is 18.8. The number of hydrogen-bond donors (Lipinski definition) is 0. The van der Waals surface area contributed by atoms with Gasteiger partial charge in [0.25, 0.3) is 11.1 Å². The minimum atomic E-state index is 0.0512. The molecule has 0 amide bonds. The number of carbonyl (C=O) groups is 1. The van der Waals surface area contributed by atoms with Gasteiger partial charge in [0.15, 0.2) is 5.78 Å². The molecule has 2 heterocycles. The minimum absolute atomic E-state index is 0.0512. The largest absolute Gasteiger partial charge is 0.410 e. The number of Topliss-reactive ketones (excluding diaryl/α,β-unsaturated/α-hetero) is 1. The van der Waals surface area contributed by atoms with Gasteiger partial charge in [0.1, 0.15) is 4.88 Å². The second-order valence-corrected chi connectivity index (χ2v) is 8.29. The molecule has 1 unspecified atom stereocenters. The molecular formula is C19H21N3O2S2. The fraction of sp³-hybridized carbons (Fsp3) is 0.368. The van der Waals surface area contributed by atoms with Crippen molar-refractivity contribution in [1.29, 1.82) is 0 Å². The van der Waals surface area contributed by atoms with E-state index in [1.807, 2.05) is 38.1 Å². The van der Waals surface area contributed by atoms with Crippen molar-refractivity contribution in [1.82, 2.24) is 15.2 Å². The van der Waals surface area contributed by atoms with Gasteiger partial charge < -0.3 is 4.42 Å². The summed E-state index contributed by atoms with van der Waals surface area (Å²) >= 11 is 2.78. The lowest BCUT2D eigenvalue weighted by atomic mass is 9.97. The van der Waals surface area contributed by atoms with Crippen LogP contribution in [0.2, 0.25) is 0 Å². The van der Waals surface area contributed by atoms with Gasteiger partial charge in [-0.3, -0.25) is 4.79 Å². The molecule has 0 aliphatic carbocycles. The Morgan fingerprint density at radius 3 is 2.58 bits per heavy atom. The smallest absolute Gasteiger partial charge is 0.277 e. The van der Waals surface area contributed by atoms with Crippen LogP contribution >= 0.6 is 23.1 Å². The average molecular weight is 388 g/mol. The lowest BCUT2D eigenvalue weighted by Crippen LogP contribution is -2.03. The van der Waals surface area contributed by atoms with Crippen molar-refractivity contribution in [3.05, 3.63) is 46.1 Å². The number of ketones is 1. The highest BCUT2D eigenvalue weighted by atomic mass is 32.2. The molecule has 0 radical (unpaired) electrons. The summed E-state index contributed by atoms with van der Waals surface area (Å²) < 4.78 is 5.67. The Bertz CT molecular complexity index is 900. The van der Waals surface area contributed by atoms with E-state index >= 15 is 0 Å². The molecule has 2 aromatic heterocycles. The van der Waals surface area contributed by atoms with Gasteiger partial charge >= 0.3 is 0 Å². The molecule has 0 spiro atoms. The predicted octanol–water partition coefficient (Wildman–Crippen LogP) is 5.30. The van der Waals surface area contributed by atoms with Gasteiger partial charge in [0, 0.05) is 5.56 Å². The fourth-order valence-electron chi connectivity index (χ4n) is 2.53. The van der Waals surface area contributed by atoms with E-state index in [1.165, 1.54) is 28.7 Å². The number of carbonyl (C=O) groups excluding carboxylic acids is 1. The molecule has 0 fully saturated rings. The lowest BCUT2D eigenvalue weighted by molar-refractivity contribution is 0.102. The number of rotatable bonds is 7. The molecular weight excluding hydrogens is 366 g/mol. The zero-order chi connectivity index (χ0) is 18.7. The number of thiazole rings is 1. The third kappa shape index (κ3) is 4.22. The van der Waals surface area contributed by atoms with E-state index in [-0.39, 0.29) is 11.5 Å². The Kier molecular flexibility index (Phi) is 5.88. The molecule has 7 heteroatoms. The van der Waals surface area contributed by atoms with Crippen LogP contribution in [0.15, 0.2) is 33.9 Å². The van der Waals surface area contributed by atoms with Gasteiger partial charge in [-0.05, 0) is 31.7 Å². The number of aromatic nitrogens is 3. The monoisotopic (exact) mass is 387 g/mol. The van der Waals surface area contributed by atoms with Crippen LogP contribution < -0.4 is 0 Å². The van der Waals surface area contributed by atoms with Crippen molar-refractivity contribution in [3.8, 4) is 10.8 Å². The van der Waals surface area contributed by atoms with Crippen molar-refractivity contribution < 1.29 is 9.21 Å². The van der Waals surface area contributed by atoms with E-state index in [2.05, 4.69) is 29.0 Å². The molecule has 5 nitrogen and oxygen atoms in total. The molecule has 1 aromatic carbocycles. The third-order valence-corrected chi connectivity index (χ3v) is 6.12. The molecule has 0 saturated heterocycles. The van der Waals surface area contributed by atoms with Gasteiger partial charge in [-0.15, -0.1) is 21.5 Å². The topological polar surface area (TPSA) is 68.9 Å². The molecule has 0 aliphatic heterocycles. The van der Waals surface area contributed by atoms with Crippen LogP contribution in [0.1, 0.15) is 52.8 Å². The Morgan fingerprint density at radius 2 is 1.96 bits per heavy atom. The maximum Gasteiger partial charge on any atom is 0.277 e. The van der Waals surface area contributed by atoms with Gasteiger partial charge in [-0.25, -0.2) is 4.98 Å². The van der Waals surface area contributed by atoms with E-state index in [0.717, 1.165) is 22.0 Å². The number of thioether (sulfide) groups is 1.